The quantitative estimate of drug-likeness (QED) is 0.515. The van der Waals surface area contributed by atoms with E-state index >= 15 is 0 Å². The monoisotopic (exact) mass is 517 g/mol. The summed E-state index contributed by atoms with van der Waals surface area (Å²) in [5.74, 6) is -0.708. The van der Waals surface area contributed by atoms with Crippen molar-refractivity contribution in [2.24, 2.45) is 0 Å². The molecule has 1 saturated heterocycles. The van der Waals surface area contributed by atoms with Gasteiger partial charge in [0.1, 0.15) is 0 Å². The van der Waals surface area contributed by atoms with E-state index in [0.29, 0.717) is 37.9 Å². The van der Waals surface area contributed by atoms with E-state index in [4.69, 9.17) is 0 Å². The summed E-state index contributed by atoms with van der Waals surface area (Å²) < 4.78 is 38.5. The predicted octanol–water partition coefficient (Wildman–Crippen LogP) is 4.19. The second kappa shape index (κ2) is 10.8. The standard InChI is InChI=1S/C28H34F3N3O3/c1-18(2)19-5-3-7-21(13-19)27(37)11-9-24(10-12-27)34-16-23(17-34)33-25(35)15-32-26(36)20-6-4-8-22(14-20)28(29,30)31/h3-8,13-14,18,23-24,37H,9-12,15-17H2,1-2H3,(H,32,36)(H,33,35). The van der Waals surface area contributed by atoms with Crippen LogP contribution >= 0.6 is 0 Å². The molecule has 9 heteroatoms. The third-order valence-corrected chi connectivity index (χ3v) is 7.53. The summed E-state index contributed by atoms with van der Waals surface area (Å²) in [4.78, 5) is 26.7. The van der Waals surface area contributed by atoms with Gasteiger partial charge in [-0.05, 0) is 60.9 Å². The number of carbonyl (C=O) groups excluding carboxylic acids is 2. The summed E-state index contributed by atoms with van der Waals surface area (Å²) in [5.41, 5.74) is 0.339. The number of hydrogen-bond acceptors (Lipinski definition) is 4. The zero-order chi connectivity index (χ0) is 26.8. The van der Waals surface area contributed by atoms with Gasteiger partial charge in [-0.2, -0.15) is 13.2 Å². The Kier molecular flexibility index (Phi) is 7.94. The van der Waals surface area contributed by atoms with Crippen molar-refractivity contribution in [1.29, 1.82) is 0 Å². The molecule has 1 aliphatic heterocycles. The molecule has 2 fully saturated rings. The molecule has 1 saturated carbocycles. The van der Waals surface area contributed by atoms with E-state index in [9.17, 15) is 27.9 Å². The van der Waals surface area contributed by atoms with Crippen LogP contribution in [0.15, 0.2) is 48.5 Å². The molecule has 3 N–H and O–H groups in total. The number of likely N-dealkylation sites (tertiary alicyclic amines) is 1. The molecule has 2 amide bonds. The molecule has 1 aliphatic carbocycles. The molecule has 200 valence electrons. The van der Waals surface area contributed by atoms with Gasteiger partial charge in [0.05, 0.1) is 23.8 Å². The fourth-order valence-electron chi connectivity index (χ4n) is 5.20. The van der Waals surface area contributed by atoms with E-state index < -0.39 is 23.2 Å². The number of nitrogens with one attached hydrogen (secondary N) is 2. The van der Waals surface area contributed by atoms with Gasteiger partial charge in [0.15, 0.2) is 0 Å². The molecule has 0 aromatic heterocycles. The summed E-state index contributed by atoms with van der Waals surface area (Å²) in [6, 6.07) is 12.6. The number of halogens is 3. The fourth-order valence-corrected chi connectivity index (χ4v) is 5.20. The molecule has 6 nitrogen and oxygen atoms in total. The summed E-state index contributed by atoms with van der Waals surface area (Å²) in [5, 5.41) is 16.5. The first-order chi connectivity index (χ1) is 17.4. The van der Waals surface area contributed by atoms with E-state index in [1.807, 2.05) is 12.1 Å². The summed E-state index contributed by atoms with van der Waals surface area (Å²) in [7, 11) is 0. The molecule has 0 radical (unpaired) electrons. The lowest BCUT2D eigenvalue weighted by Crippen LogP contribution is -2.63. The minimum atomic E-state index is -4.54. The van der Waals surface area contributed by atoms with Gasteiger partial charge in [0, 0.05) is 24.7 Å². The van der Waals surface area contributed by atoms with E-state index in [-0.39, 0.29) is 24.1 Å². The van der Waals surface area contributed by atoms with E-state index in [1.165, 1.54) is 11.6 Å². The number of benzene rings is 2. The maximum absolute atomic E-state index is 12.8. The van der Waals surface area contributed by atoms with Gasteiger partial charge < -0.3 is 15.7 Å². The lowest BCUT2D eigenvalue weighted by atomic mass is 9.76. The SMILES string of the molecule is CC(C)c1cccc(C2(O)CCC(N3CC(NC(=O)CNC(=O)c4cccc(C(F)(F)F)c4)C3)CC2)c1. The second-order valence-corrected chi connectivity index (χ2v) is 10.5. The molecule has 2 aliphatic rings. The normalized spacial score (nSPS) is 22.9. The van der Waals surface area contributed by atoms with E-state index in [2.05, 4.69) is 41.5 Å². The van der Waals surface area contributed by atoms with Gasteiger partial charge in [-0.3, -0.25) is 14.5 Å². The van der Waals surface area contributed by atoms with Crippen LogP contribution in [0.25, 0.3) is 0 Å². The third kappa shape index (κ3) is 6.51. The van der Waals surface area contributed by atoms with Crippen LogP contribution < -0.4 is 10.6 Å². The molecule has 1 heterocycles. The van der Waals surface area contributed by atoms with Gasteiger partial charge in [0.25, 0.3) is 5.91 Å². The molecule has 2 aromatic rings. The van der Waals surface area contributed by atoms with Crippen LogP contribution in [0, 0.1) is 0 Å². The first-order valence-corrected chi connectivity index (χ1v) is 12.8. The van der Waals surface area contributed by atoms with Crippen LogP contribution in [-0.4, -0.2) is 53.5 Å². The lowest BCUT2D eigenvalue weighted by molar-refractivity contribution is -0.137. The van der Waals surface area contributed by atoms with Gasteiger partial charge in [-0.1, -0.05) is 44.2 Å². The Hall–Kier alpha value is -2.91. The molecule has 0 spiro atoms. The number of amides is 2. The summed E-state index contributed by atoms with van der Waals surface area (Å²) in [6.45, 7) is 5.36. The van der Waals surface area contributed by atoms with E-state index in [0.717, 1.165) is 36.6 Å². The molecular weight excluding hydrogens is 483 g/mol. The Morgan fingerprint density at radius 3 is 2.41 bits per heavy atom. The average Bonchev–Trinajstić information content (AvgIpc) is 2.85. The van der Waals surface area contributed by atoms with E-state index in [1.54, 1.807) is 0 Å². The Morgan fingerprint density at radius 1 is 1.08 bits per heavy atom. The number of nitrogens with zero attached hydrogens (tertiary/aromatic N) is 1. The summed E-state index contributed by atoms with van der Waals surface area (Å²) >= 11 is 0. The average molecular weight is 518 g/mol. The number of rotatable bonds is 7. The first-order valence-electron chi connectivity index (χ1n) is 12.8. The third-order valence-electron chi connectivity index (χ3n) is 7.53. The Morgan fingerprint density at radius 2 is 1.76 bits per heavy atom. The molecule has 2 aromatic carbocycles. The molecule has 0 atom stereocenters. The van der Waals surface area contributed by atoms with Crippen molar-refractivity contribution >= 4 is 11.8 Å². The first kappa shape index (κ1) is 27.1. The van der Waals surface area contributed by atoms with Gasteiger partial charge in [0.2, 0.25) is 5.91 Å². The van der Waals surface area contributed by atoms with Crippen LogP contribution in [0.5, 0.6) is 0 Å². The van der Waals surface area contributed by atoms with Crippen LogP contribution in [0.4, 0.5) is 13.2 Å². The number of hydrogen-bond donors (Lipinski definition) is 3. The van der Waals surface area contributed by atoms with Crippen molar-refractivity contribution in [3.05, 3.63) is 70.8 Å². The van der Waals surface area contributed by atoms with Crippen LogP contribution in [-0.2, 0) is 16.6 Å². The molecular formula is C28H34F3N3O3. The van der Waals surface area contributed by atoms with Crippen molar-refractivity contribution in [3.63, 3.8) is 0 Å². The van der Waals surface area contributed by atoms with Crippen LogP contribution in [0.1, 0.15) is 72.5 Å². The highest BCUT2D eigenvalue weighted by Gasteiger charge is 2.40. The topological polar surface area (TPSA) is 81.7 Å². The highest BCUT2D eigenvalue weighted by atomic mass is 19.4. The molecule has 4 rings (SSSR count). The van der Waals surface area contributed by atoms with Crippen LogP contribution in [0.2, 0.25) is 0 Å². The summed E-state index contributed by atoms with van der Waals surface area (Å²) in [6.07, 6.45) is -1.42. The van der Waals surface area contributed by atoms with Crippen LogP contribution in [0.3, 0.4) is 0 Å². The maximum atomic E-state index is 12.8. The lowest BCUT2D eigenvalue weighted by Gasteiger charge is -2.48. The number of alkyl halides is 3. The predicted molar refractivity (Wildman–Crippen MR) is 134 cm³/mol. The minimum Gasteiger partial charge on any atom is -0.385 e. The van der Waals surface area contributed by atoms with Crippen molar-refractivity contribution in [3.8, 4) is 0 Å². The van der Waals surface area contributed by atoms with Crippen molar-refractivity contribution in [2.45, 2.75) is 69.3 Å². The van der Waals surface area contributed by atoms with Gasteiger partial charge in [-0.15, -0.1) is 0 Å². The van der Waals surface area contributed by atoms with Gasteiger partial charge >= 0.3 is 6.18 Å². The highest BCUT2D eigenvalue weighted by molar-refractivity contribution is 5.96. The fraction of sp³-hybridized carbons (Fsp3) is 0.500. The van der Waals surface area contributed by atoms with Crippen molar-refractivity contribution in [2.75, 3.05) is 19.6 Å². The Balaban J connectivity index is 1.19. The smallest absolute Gasteiger partial charge is 0.385 e. The van der Waals surface area contributed by atoms with Crippen molar-refractivity contribution < 1.29 is 27.9 Å². The Bertz CT molecular complexity index is 1120. The number of carbonyl (C=O) groups is 2. The second-order valence-electron chi connectivity index (χ2n) is 10.5. The largest absolute Gasteiger partial charge is 0.416 e. The molecule has 0 bridgehead atoms. The Labute approximate surface area is 215 Å². The maximum Gasteiger partial charge on any atom is 0.416 e. The zero-order valence-corrected chi connectivity index (χ0v) is 21.1. The molecule has 0 unspecified atom stereocenters. The molecule has 37 heavy (non-hydrogen) atoms. The minimum absolute atomic E-state index is 0.0403. The van der Waals surface area contributed by atoms with Gasteiger partial charge in [-0.25, -0.2) is 0 Å². The van der Waals surface area contributed by atoms with Crippen molar-refractivity contribution in [1.82, 2.24) is 15.5 Å². The zero-order valence-electron chi connectivity index (χ0n) is 21.1. The highest BCUT2D eigenvalue weighted by Crippen LogP contribution is 2.40. The number of aliphatic hydroxyl groups is 1.